The zero-order valence-electron chi connectivity index (χ0n) is 19.2. The number of pyridine rings is 1. The number of carbonyl (C=O) groups is 1. The molecule has 8 heteroatoms. The van der Waals surface area contributed by atoms with E-state index in [-0.39, 0.29) is 30.5 Å². The van der Waals surface area contributed by atoms with Gasteiger partial charge in [0.15, 0.2) is 0 Å². The molecule has 0 radical (unpaired) electrons. The topological polar surface area (TPSA) is 114 Å². The molecule has 0 saturated heterocycles. The Kier molecular flexibility index (Phi) is 7.80. The second kappa shape index (κ2) is 11.0. The number of aromatic nitrogens is 1. The lowest BCUT2D eigenvalue weighted by Gasteiger charge is -2.24. The Labute approximate surface area is 201 Å². The maximum absolute atomic E-state index is 13.2. The van der Waals surface area contributed by atoms with E-state index < -0.39 is 16.1 Å². The number of hydrogen-bond donors (Lipinski definition) is 3. The van der Waals surface area contributed by atoms with Crippen LogP contribution in [0.15, 0.2) is 60.8 Å². The Morgan fingerprint density at radius 2 is 1.79 bits per heavy atom. The van der Waals surface area contributed by atoms with Crippen LogP contribution < -0.4 is 15.8 Å². The molecular weight excluding hydrogens is 448 g/mol. The molecule has 1 aliphatic rings. The molecule has 0 bridgehead atoms. The van der Waals surface area contributed by atoms with Gasteiger partial charge in [0.25, 0.3) is 0 Å². The van der Waals surface area contributed by atoms with Crippen LogP contribution in [0.4, 0.5) is 5.82 Å². The zero-order valence-corrected chi connectivity index (χ0v) is 20.1. The van der Waals surface area contributed by atoms with Gasteiger partial charge in [-0.05, 0) is 53.1 Å². The predicted octanol–water partition coefficient (Wildman–Crippen LogP) is 3.54. The number of nitrogens with two attached hydrogens (primary N) is 1. The molecule has 4 rings (SSSR count). The molecule has 1 amide bonds. The molecule has 34 heavy (non-hydrogen) atoms. The Morgan fingerprint density at radius 3 is 2.56 bits per heavy atom. The third kappa shape index (κ3) is 6.55. The monoisotopic (exact) mass is 480 g/mol. The lowest BCUT2D eigenvalue weighted by atomic mass is 9.91. The minimum absolute atomic E-state index is 0.0637. The van der Waals surface area contributed by atoms with Crippen molar-refractivity contribution >= 4 is 32.5 Å². The van der Waals surface area contributed by atoms with Crippen molar-refractivity contribution in [2.75, 3.05) is 11.5 Å². The van der Waals surface area contributed by atoms with Gasteiger partial charge in [-0.1, -0.05) is 67.8 Å². The third-order valence-electron chi connectivity index (χ3n) is 6.44. The highest BCUT2D eigenvalue weighted by atomic mass is 32.2. The summed E-state index contributed by atoms with van der Waals surface area (Å²) in [6.07, 6.45) is 7.00. The highest BCUT2D eigenvalue weighted by molar-refractivity contribution is 7.89. The van der Waals surface area contributed by atoms with E-state index in [1.807, 2.05) is 42.5 Å². The summed E-state index contributed by atoms with van der Waals surface area (Å²) in [4.78, 5) is 17.3. The van der Waals surface area contributed by atoms with E-state index in [4.69, 9.17) is 5.73 Å². The number of sulfonamides is 1. The van der Waals surface area contributed by atoms with Gasteiger partial charge >= 0.3 is 0 Å². The summed E-state index contributed by atoms with van der Waals surface area (Å²) in [5.74, 6) is 0.249. The predicted molar refractivity (Wildman–Crippen MR) is 135 cm³/mol. The maximum Gasteiger partial charge on any atom is 0.238 e. The van der Waals surface area contributed by atoms with Crippen molar-refractivity contribution in [1.29, 1.82) is 0 Å². The SMILES string of the molecule is Nc1ccc(CNC(=O)[C@H](Cc2cccc3ccccc23)NS(=O)(=O)CC2CCCCC2)cn1. The van der Waals surface area contributed by atoms with Gasteiger partial charge in [0.05, 0.1) is 5.75 Å². The summed E-state index contributed by atoms with van der Waals surface area (Å²) in [6.45, 7) is 0.239. The van der Waals surface area contributed by atoms with E-state index in [1.54, 1.807) is 18.3 Å². The molecule has 2 aromatic carbocycles. The highest BCUT2D eigenvalue weighted by Crippen LogP contribution is 2.25. The average molecular weight is 481 g/mol. The summed E-state index contributed by atoms with van der Waals surface area (Å²) >= 11 is 0. The molecule has 1 aliphatic carbocycles. The van der Waals surface area contributed by atoms with Crippen LogP contribution in [0.5, 0.6) is 0 Å². The van der Waals surface area contributed by atoms with Crippen LogP contribution in [0, 0.1) is 5.92 Å². The molecule has 1 aromatic heterocycles. The molecule has 0 aliphatic heterocycles. The largest absolute Gasteiger partial charge is 0.384 e. The fourth-order valence-electron chi connectivity index (χ4n) is 4.66. The van der Waals surface area contributed by atoms with E-state index in [0.717, 1.165) is 54.0 Å². The van der Waals surface area contributed by atoms with Gasteiger partial charge in [-0.25, -0.2) is 18.1 Å². The Hall–Kier alpha value is -2.97. The van der Waals surface area contributed by atoms with Crippen LogP contribution in [-0.4, -0.2) is 31.1 Å². The number of anilines is 1. The fraction of sp³-hybridized carbons (Fsp3) is 0.385. The van der Waals surface area contributed by atoms with E-state index in [0.29, 0.717) is 5.82 Å². The maximum atomic E-state index is 13.2. The first-order valence-electron chi connectivity index (χ1n) is 11.8. The number of rotatable bonds is 9. The summed E-state index contributed by atoms with van der Waals surface area (Å²) in [5.41, 5.74) is 7.35. The number of fused-ring (bicyclic) bond motifs is 1. The van der Waals surface area contributed by atoms with Crippen LogP contribution in [-0.2, 0) is 27.8 Å². The molecule has 1 saturated carbocycles. The lowest BCUT2D eigenvalue weighted by Crippen LogP contribution is -2.49. The van der Waals surface area contributed by atoms with E-state index >= 15 is 0 Å². The highest BCUT2D eigenvalue weighted by Gasteiger charge is 2.28. The fourth-order valence-corrected chi connectivity index (χ4v) is 6.33. The van der Waals surface area contributed by atoms with Crippen molar-refractivity contribution in [3.8, 4) is 0 Å². The molecule has 0 spiro atoms. The summed E-state index contributed by atoms with van der Waals surface area (Å²) in [7, 11) is -3.63. The Bertz CT molecular complexity index is 1220. The molecule has 3 aromatic rings. The van der Waals surface area contributed by atoms with E-state index in [1.165, 1.54) is 0 Å². The summed E-state index contributed by atoms with van der Waals surface area (Å²) in [5, 5.41) is 4.93. The van der Waals surface area contributed by atoms with Crippen molar-refractivity contribution in [3.63, 3.8) is 0 Å². The number of nitrogen functional groups attached to an aromatic ring is 1. The van der Waals surface area contributed by atoms with Gasteiger partial charge < -0.3 is 11.1 Å². The second-order valence-corrected chi connectivity index (χ2v) is 10.9. The zero-order chi connectivity index (χ0) is 24.0. The molecular formula is C26H32N4O3S. The first kappa shape index (κ1) is 24.2. The van der Waals surface area contributed by atoms with E-state index in [9.17, 15) is 13.2 Å². The van der Waals surface area contributed by atoms with Crippen molar-refractivity contribution in [3.05, 3.63) is 71.9 Å². The van der Waals surface area contributed by atoms with Gasteiger partial charge in [0.2, 0.25) is 15.9 Å². The van der Waals surface area contributed by atoms with Crippen LogP contribution in [0.2, 0.25) is 0 Å². The number of nitrogens with zero attached hydrogens (tertiary/aromatic N) is 1. The normalized spacial score (nSPS) is 15.8. The van der Waals surface area contributed by atoms with Crippen molar-refractivity contribution in [2.24, 2.45) is 5.92 Å². The van der Waals surface area contributed by atoms with Gasteiger partial charge in [-0.3, -0.25) is 4.79 Å². The average Bonchev–Trinajstić information content (AvgIpc) is 2.83. The van der Waals surface area contributed by atoms with Crippen molar-refractivity contribution in [1.82, 2.24) is 15.0 Å². The van der Waals surface area contributed by atoms with Gasteiger partial charge in [-0.15, -0.1) is 0 Å². The molecule has 7 nitrogen and oxygen atoms in total. The van der Waals surface area contributed by atoms with Crippen LogP contribution in [0.3, 0.4) is 0 Å². The van der Waals surface area contributed by atoms with Gasteiger partial charge in [0, 0.05) is 12.7 Å². The molecule has 0 unspecified atom stereocenters. The first-order chi connectivity index (χ1) is 16.4. The Morgan fingerprint density at radius 1 is 1.03 bits per heavy atom. The molecule has 1 heterocycles. The van der Waals surface area contributed by atoms with Crippen LogP contribution in [0.1, 0.15) is 43.2 Å². The van der Waals surface area contributed by atoms with Crippen LogP contribution >= 0.6 is 0 Å². The standard InChI is InChI=1S/C26H32N4O3S/c27-25-14-13-20(16-28-25)17-29-26(31)24(30-34(32,33)18-19-7-2-1-3-8-19)15-22-11-6-10-21-9-4-5-12-23(21)22/h4-6,9-14,16,19,24,30H,1-3,7-8,15,17-18H2,(H2,27,28)(H,29,31)/t24-/m0/s1. The molecule has 180 valence electrons. The minimum Gasteiger partial charge on any atom is -0.384 e. The van der Waals surface area contributed by atoms with Gasteiger partial charge in [0.1, 0.15) is 11.9 Å². The van der Waals surface area contributed by atoms with E-state index in [2.05, 4.69) is 15.0 Å². The minimum atomic E-state index is -3.63. The van der Waals surface area contributed by atoms with Gasteiger partial charge in [-0.2, -0.15) is 0 Å². The summed E-state index contributed by atoms with van der Waals surface area (Å²) in [6, 6.07) is 16.3. The smallest absolute Gasteiger partial charge is 0.238 e. The molecule has 1 fully saturated rings. The van der Waals surface area contributed by atoms with Crippen LogP contribution in [0.25, 0.3) is 10.8 Å². The number of nitrogens with one attached hydrogen (secondary N) is 2. The van der Waals surface area contributed by atoms with Crippen molar-refractivity contribution < 1.29 is 13.2 Å². The number of benzene rings is 2. The lowest BCUT2D eigenvalue weighted by molar-refractivity contribution is -0.122. The quantitative estimate of drug-likeness (QED) is 0.433. The number of hydrogen-bond acceptors (Lipinski definition) is 5. The summed E-state index contributed by atoms with van der Waals surface area (Å²) < 4.78 is 28.9. The third-order valence-corrected chi connectivity index (χ3v) is 7.99. The van der Waals surface area contributed by atoms with Crippen molar-refractivity contribution in [2.45, 2.75) is 51.1 Å². The number of amides is 1. The molecule has 1 atom stereocenters. The second-order valence-electron chi connectivity index (χ2n) is 9.11. The Balaban J connectivity index is 1.53. The first-order valence-corrected chi connectivity index (χ1v) is 13.5. The molecule has 4 N–H and O–H groups in total. The number of carbonyl (C=O) groups excluding carboxylic acids is 1.